The number of hydrogen-bond acceptors (Lipinski definition) is 2. The maximum absolute atomic E-state index is 9.14. The Morgan fingerprint density at radius 1 is 1.57 bits per heavy atom. The number of aromatic nitrogens is 1. The van der Waals surface area contributed by atoms with E-state index in [2.05, 4.69) is 35.0 Å². The van der Waals surface area contributed by atoms with Gasteiger partial charge in [0, 0.05) is 32.5 Å². The maximum atomic E-state index is 9.14. The van der Waals surface area contributed by atoms with Crippen LogP contribution in [0, 0.1) is 0 Å². The quantitative estimate of drug-likeness (QED) is 0.767. The molecule has 1 aromatic heterocycles. The lowest BCUT2D eigenvalue weighted by atomic mass is 10.2. The zero-order chi connectivity index (χ0) is 10.6. The van der Waals surface area contributed by atoms with E-state index >= 15 is 0 Å². The van der Waals surface area contributed by atoms with Crippen molar-refractivity contribution in [3.05, 3.63) is 24.0 Å². The molecule has 0 saturated heterocycles. The lowest BCUT2D eigenvalue weighted by Gasteiger charge is -2.16. The van der Waals surface area contributed by atoms with Crippen LogP contribution >= 0.6 is 0 Å². The predicted molar refractivity (Wildman–Crippen MR) is 58.0 cm³/mol. The minimum absolute atomic E-state index is 0.201. The van der Waals surface area contributed by atoms with Crippen LogP contribution in [0.2, 0.25) is 0 Å². The summed E-state index contributed by atoms with van der Waals surface area (Å²) in [5.41, 5.74) is 1.32. The van der Waals surface area contributed by atoms with E-state index in [1.54, 1.807) is 0 Å². The molecule has 0 aliphatic rings. The third kappa shape index (κ3) is 3.94. The van der Waals surface area contributed by atoms with Crippen molar-refractivity contribution >= 4 is 0 Å². The maximum Gasteiger partial charge on any atom is 0.0524 e. The molecule has 1 N–H and O–H groups in total. The molecular weight excluding hydrogens is 176 g/mol. The lowest BCUT2D eigenvalue weighted by Crippen LogP contribution is -2.21. The molecule has 0 aliphatic carbocycles. The van der Waals surface area contributed by atoms with Crippen molar-refractivity contribution < 1.29 is 5.11 Å². The van der Waals surface area contributed by atoms with Gasteiger partial charge in [0.1, 0.15) is 0 Å². The highest BCUT2D eigenvalue weighted by molar-refractivity contribution is 5.09. The number of aryl methyl sites for hydroxylation is 1. The SMILES string of the molecule is CC(O)CCN(C)Cc1ccn(C)c1. The summed E-state index contributed by atoms with van der Waals surface area (Å²) in [5.74, 6) is 0. The average molecular weight is 196 g/mol. The van der Waals surface area contributed by atoms with Crippen molar-refractivity contribution in [3.63, 3.8) is 0 Å². The standard InChI is InChI=1S/C11H20N2O/c1-10(14)4-6-12(2)8-11-5-7-13(3)9-11/h5,7,9-10,14H,4,6,8H2,1-3H3. The number of aliphatic hydroxyl groups is 1. The molecule has 1 aromatic rings. The molecule has 0 spiro atoms. The molecule has 0 saturated carbocycles. The summed E-state index contributed by atoms with van der Waals surface area (Å²) in [4.78, 5) is 2.22. The summed E-state index contributed by atoms with van der Waals surface area (Å²) in [6.07, 6.45) is 4.81. The summed E-state index contributed by atoms with van der Waals surface area (Å²) in [6.45, 7) is 3.72. The first-order chi connectivity index (χ1) is 6.58. The zero-order valence-electron chi connectivity index (χ0n) is 9.27. The molecule has 1 unspecified atom stereocenters. The van der Waals surface area contributed by atoms with Gasteiger partial charge in [-0.3, -0.25) is 0 Å². The van der Waals surface area contributed by atoms with E-state index < -0.39 is 0 Å². The molecule has 1 rings (SSSR count). The average Bonchev–Trinajstić information content (AvgIpc) is 2.48. The van der Waals surface area contributed by atoms with Gasteiger partial charge in [-0.1, -0.05) is 0 Å². The second kappa shape index (κ2) is 5.17. The number of rotatable bonds is 5. The molecule has 0 bridgehead atoms. The van der Waals surface area contributed by atoms with Crippen LogP contribution < -0.4 is 0 Å². The predicted octanol–water partition coefficient (Wildman–Crippen LogP) is 1.23. The van der Waals surface area contributed by atoms with Crippen molar-refractivity contribution in [3.8, 4) is 0 Å². The van der Waals surface area contributed by atoms with Crippen LogP contribution in [0.5, 0.6) is 0 Å². The molecule has 14 heavy (non-hydrogen) atoms. The second-order valence-electron chi connectivity index (χ2n) is 4.06. The van der Waals surface area contributed by atoms with Gasteiger partial charge in [-0.25, -0.2) is 0 Å². The molecule has 1 heterocycles. The fourth-order valence-corrected chi connectivity index (χ4v) is 1.45. The van der Waals surface area contributed by atoms with Gasteiger partial charge in [0.2, 0.25) is 0 Å². The first kappa shape index (κ1) is 11.3. The fraction of sp³-hybridized carbons (Fsp3) is 0.636. The van der Waals surface area contributed by atoms with Gasteiger partial charge in [0.05, 0.1) is 6.10 Å². The minimum atomic E-state index is -0.201. The van der Waals surface area contributed by atoms with Crippen LogP contribution in [-0.2, 0) is 13.6 Å². The number of aliphatic hydroxyl groups excluding tert-OH is 1. The van der Waals surface area contributed by atoms with Gasteiger partial charge in [-0.15, -0.1) is 0 Å². The summed E-state index contributed by atoms with van der Waals surface area (Å²) in [5, 5.41) is 9.14. The first-order valence-electron chi connectivity index (χ1n) is 5.05. The van der Waals surface area contributed by atoms with Gasteiger partial charge >= 0.3 is 0 Å². The lowest BCUT2D eigenvalue weighted by molar-refractivity contribution is 0.163. The van der Waals surface area contributed by atoms with Crippen LogP contribution in [-0.4, -0.2) is 34.3 Å². The van der Waals surface area contributed by atoms with Gasteiger partial charge in [0.15, 0.2) is 0 Å². The normalized spacial score (nSPS) is 13.5. The highest BCUT2D eigenvalue weighted by atomic mass is 16.3. The third-order valence-electron chi connectivity index (χ3n) is 2.27. The molecule has 80 valence electrons. The Bertz CT molecular complexity index is 268. The van der Waals surface area contributed by atoms with Crippen molar-refractivity contribution in [2.45, 2.75) is 26.0 Å². The fourth-order valence-electron chi connectivity index (χ4n) is 1.45. The topological polar surface area (TPSA) is 28.4 Å². The van der Waals surface area contributed by atoms with E-state index in [0.29, 0.717) is 0 Å². The van der Waals surface area contributed by atoms with Gasteiger partial charge in [-0.05, 0) is 32.0 Å². The van der Waals surface area contributed by atoms with Crippen LogP contribution in [0.25, 0.3) is 0 Å². The summed E-state index contributed by atoms with van der Waals surface area (Å²) < 4.78 is 2.05. The van der Waals surface area contributed by atoms with Crippen molar-refractivity contribution in [2.75, 3.05) is 13.6 Å². The molecule has 1 atom stereocenters. The van der Waals surface area contributed by atoms with Gasteiger partial charge < -0.3 is 14.6 Å². The van der Waals surface area contributed by atoms with Crippen molar-refractivity contribution in [1.82, 2.24) is 9.47 Å². The van der Waals surface area contributed by atoms with E-state index in [1.807, 2.05) is 14.0 Å². The highest BCUT2D eigenvalue weighted by Gasteiger charge is 2.03. The molecule has 0 amide bonds. The highest BCUT2D eigenvalue weighted by Crippen LogP contribution is 2.04. The van der Waals surface area contributed by atoms with E-state index in [-0.39, 0.29) is 6.10 Å². The molecular formula is C11H20N2O. The molecule has 0 aromatic carbocycles. The van der Waals surface area contributed by atoms with E-state index in [4.69, 9.17) is 5.11 Å². The zero-order valence-corrected chi connectivity index (χ0v) is 9.27. The molecule has 3 heteroatoms. The Morgan fingerprint density at radius 2 is 2.29 bits per heavy atom. The van der Waals surface area contributed by atoms with Gasteiger partial charge in [0.25, 0.3) is 0 Å². The summed E-state index contributed by atoms with van der Waals surface area (Å²) >= 11 is 0. The summed E-state index contributed by atoms with van der Waals surface area (Å²) in [7, 11) is 4.11. The van der Waals surface area contributed by atoms with Crippen molar-refractivity contribution in [1.29, 1.82) is 0 Å². The van der Waals surface area contributed by atoms with Crippen molar-refractivity contribution in [2.24, 2.45) is 7.05 Å². The van der Waals surface area contributed by atoms with Gasteiger partial charge in [-0.2, -0.15) is 0 Å². The van der Waals surface area contributed by atoms with Crippen LogP contribution in [0.4, 0.5) is 0 Å². The Balaban J connectivity index is 2.30. The number of nitrogens with zero attached hydrogens (tertiary/aromatic N) is 2. The Morgan fingerprint density at radius 3 is 2.79 bits per heavy atom. The molecule has 0 aliphatic heterocycles. The second-order valence-corrected chi connectivity index (χ2v) is 4.06. The third-order valence-corrected chi connectivity index (χ3v) is 2.27. The van der Waals surface area contributed by atoms with Crippen LogP contribution in [0.3, 0.4) is 0 Å². The molecule has 0 fully saturated rings. The largest absolute Gasteiger partial charge is 0.393 e. The van der Waals surface area contributed by atoms with Crippen LogP contribution in [0.15, 0.2) is 18.5 Å². The Hall–Kier alpha value is -0.800. The van der Waals surface area contributed by atoms with Crippen LogP contribution in [0.1, 0.15) is 18.9 Å². The monoisotopic (exact) mass is 196 g/mol. The molecule has 3 nitrogen and oxygen atoms in total. The minimum Gasteiger partial charge on any atom is -0.393 e. The number of hydrogen-bond donors (Lipinski definition) is 1. The van der Waals surface area contributed by atoms with E-state index in [9.17, 15) is 0 Å². The smallest absolute Gasteiger partial charge is 0.0524 e. The molecule has 0 radical (unpaired) electrons. The Labute approximate surface area is 86.0 Å². The van der Waals surface area contributed by atoms with E-state index in [0.717, 1.165) is 19.5 Å². The van der Waals surface area contributed by atoms with E-state index in [1.165, 1.54) is 5.56 Å². The Kier molecular flexibility index (Phi) is 4.17. The first-order valence-corrected chi connectivity index (χ1v) is 5.05. The summed E-state index contributed by atoms with van der Waals surface area (Å²) in [6, 6.07) is 2.12.